The first kappa shape index (κ1) is 16.9. The molecule has 0 aliphatic carbocycles. The maximum absolute atomic E-state index is 12.0. The van der Waals surface area contributed by atoms with Crippen LogP contribution in [0.25, 0.3) is 10.2 Å². The topological polar surface area (TPSA) is 75.5 Å². The molecule has 0 spiro atoms. The largest absolute Gasteiger partial charge is 0.338 e. The molecule has 7 heteroatoms. The molecule has 0 bridgehead atoms. The molecule has 1 aromatic heterocycles. The lowest BCUT2D eigenvalue weighted by Gasteiger charge is -2.28. The van der Waals surface area contributed by atoms with Crippen molar-refractivity contribution < 1.29 is 14.5 Å². The fourth-order valence-corrected chi connectivity index (χ4v) is 4.29. The predicted molar refractivity (Wildman–Crippen MR) is 94.4 cm³/mol. The van der Waals surface area contributed by atoms with Crippen molar-refractivity contribution >= 4 is 33.5 Å². The Morgan fingerprint density at radius 2 is 2.21 bits per heavy atom. The highest BCUT2D eigenvalue weighted by Gasteiger charge is 2.28. The molecular weight excluding hydrogens is 324 g/mol. The van der Waals surface area contributed by atoms with E-state index in [1.165, 1.54) is 9.60 Å². The molecule has 3 amide bonds. The van der Waals surface area contributed by atoms with Crippen LogP contribution in [0.15, 0.2) is 24.3 Å². The molecule has 6 nitrogen and oxygen atoms in total. The van der Waals surface area contributed by atoms with Crippen LogP contribution in [0.3, 0.4) is 0 Å². The van der Waals surface area contributed by atoms with Gasteiger partial charge in [0.15, 0.2) is 6.54 Å². The summed E-state index contributed by atoms with van der Waals surface area (Å²) >= 11 is 1.75. The molecular formula is C17H23N4O2S+. The van der Waals surface area contributed by atoms with Gasteiger partial charge in [0.1, 0.15) is 5.01 Å². The highest BCUT2D eigenvalue weighted by Crippen LogP contribution is 2.30. The van der Waals surface area contributed by atoms with Crippen LogP contribution >= 0.6 is 11.3 Å². The number of piperidine rings is 1. The standard InChI is InChI=1S/C17H22N4O2S/c1-2-18-17(23)20-15(22)11-21-9-5-6-12(10-21)16-19-13-7-3-4-8-14(13)24-16/h3-4,7-8,12H,2,5-6,9-11H2,1H3,(H2,18,20,22,23)/p+1/t12-/m1/s1. The van der Waals surface area contributed by atoms with E-state index in [0.29, 0.717) is 19.0 Å². The Kier molecular flexibility index (Phi) is 5.42. The Morgan fingerprint density at radius 1 is 1.38 bits per heavy atom. The monoisotopic (exact) mass is 347 g/mol. The van der Waals surface area contributed by atoms with Crippen LogP contribution in [0.1, 0.15) is 30.7 Å². The number of hydrogen-bond acceptors (Lipinski definition) is 4. The van der Waals surface area contributed by atoms with E-state index in [4.69, 9.17) is 4.98 Å². The number of nitrogens with one attached hydrogen (secondary N) is 3. The average Bonchev–Trinajstić information content (AvgIpc) is 2.99. The molecule has 24 heavy (non-hydrogen) atoms. The Balaban J connectivity index is 1.59. The van der Waals surface area contributed by atoms with Gasteiger partial charge in [0.05, 0.1) is 29.2 Å². The summed E-state index contributed by atoms with van der Waals surface area (Å²) in [6.45, 7) is 4.52. The molecule has 2 atom stereocenters. The number of carbonyl (C=O) groups is 2. The van der Waals surface area contributed by atoms with E-state index in [-0.39, 0.29) is 5.91 Å². The number of thiazole rings is 1. The number of rotatable bonds is 4. The second kappa shape index (κ2) is 7.72. The normalized spacial score (nSPS) is 20.7. The van der Waals surface area contributed by atoms with Gasteiger partial charge in [0.25, 0.3) is 5.91 Å². The van der Waals surface area contributed by atoms with E-state index in [1.54, 1.807) is 11.3 Å². The molecule has 3 rings (SSSR count). The van der Waals surface area contributed by atoms with Crippen LogP contribution < -0.4 is 15.5 Å². The van der Waals surface area contributed by atoms with Gasteiger partial charge in [-0.2, -0.15) is 0 Å². The van der Waals surface area contributed by atoms with Crippen molar-refractivity contribution in [3.8, 4) is 0 Å². The number of fused-ring (bicyclic) bond motifs is 1. The molecule has 1 aliphatic rings. The number of amides is 3. The first-order valence-electron chi connectivity index (χ1n) is 8.42. The fraction of sp³-hybridized carbons (Fsp3) is 0.471. The van der Waals surface area contributed by atoms with E-state index in [9.17, 15) is 9.59 Å². The zero-order valence-electron chi connectivity index (χ0n) is 13.8. The Labute approximate surface area is 145 Å². The zero-order valence-corrected chi connectivity index (χ0v) is 14.6. The summed E-state index contributed by atoms with van der Waals surface area (Å²) in [5, 5.41) is 6.12. The average molecular weight is 347 g/mol. The molecule has 128 valence electrons. The molecule has 1 fully saturated rings. The van der Waals surface area contributed by atoms with Gasteiger partial charge in [-0.1, -0.05) is 12.1 Å². The number of imide groups is 1. The summed E-state index contributed by atoms with van der Waals surface area (Å²) < 4.78 is 1.22. The van der Waals surface area contributed by atoms with Crippen molar-refractivity contribution in [2.24, 2.45) is 0 Å². The van der Waals surface area contributed by atoms with Gasteiger partial charge < -0.3 is 10.2 Å². The van der Waals surface area contributed by atoms with E-state index in [0.717, 1.165) is 36.5 Å². The van der Waals surface area contributed by atoms with Crippen LogP contribution in [0.4, 0.5) is 4.79 Å². The number of urea groups is 1. The maximum atomic E-state index is 12.0. The number of hydrogen-bond donors (Lipinski definition) is 3. The second-order valence-electron chi connectivity index (χ2n) is 6.15. The lowest BCUT2D eigenvalue weighted by molar-refractivity contribution is -0.898. The van der Waals surface area contributed by atoms with E-state index < -0.39 is 6.03 Å². The third kappa shape index (κ3) is 4.10. The fourth-order valence-electron chi connectivity index (χ4n) is 3.19. The van der Waals surface area contributed by atoms with Crippen LogP contribution in [0, 0.1) is 0 Å². The quantitative estimate of drug-likeness (QED) is 0.769. The van der Waals surface area contributed by atoms with Gasteiger partial charge in [-0.3, -0.25) is 10.1 Å². The number of para-hydroxylation sites is 1. The van der Waals surface area contributed by atoms with Crippen molar-refractivity contribution in [1.29, 1.82) is 0 Å². The van der Waals surface area contributed by atoms with E-state index in [2.05, 4.69) is 16.7 Å². The smallest absolute Gasteiger partial charge is 0.321 e. The summed E-state index contributed by atoms with van der Waals surface area (Å²) in [5.74, 6) is 0.171. The van der Waals surface area contributed by atoms with Crippen molar-refractivity contribution in [3.05, 3.63) is 29.3 Å². The predicted octanol–water partition coefficient (Wildman–Crippen LogP) is 0.904. The van der Waals surface area contributed by atoms with Crippen molar-refractivity contribution in [2.75, 3.05) is 26.2 Å². The molecule has 3 N–H and O–H groups in total. The molecule has 2 aromatic rings. The number of aromatic nitrogens is 1. The number of carbonyl (C=O) groups excluding carboxylic acids is 2. The molecule has 0 saturated carbocycles. The lowest BCUT2D eigenvalue weighted by atomic mass is 9.99. The third-order valence-corrected chi connectivity index (χ3v) is 5.48. The highest BCUT2D eigenvalue weighted by atomic mass is 32.1. The summed E-state index contributed by atoms with van der Waals surface area (Å²) in [6, 6.07) is 7.78. The Bertz CT molecular complexity index is 697. The van der Waals surface area contributed by atoms with Crippen LogP contribution in [-0.2, 0) is 4.79 Å². The minimum absolute atomic E-state index is 0.221. The SMILES string of the molecule is CCNC(=O)NC(=O)C[NH+]1CCC[C@@H](c2nc3ccccc3s2)C1. The van der Waals surface area contributed by atoms with Crippen molar-refractivity contribution in [2.45, 2.75) is 25.7 Å². The first-order chi connectivity index (χ1) is 11.7. The summed E-state index contributed by atoms with van der Waals surface area (Å²) in [5.41, 5.74) is 1.05. The first-order valence-corrected chi connectivity index (χ1v) is 9.24. The minimum Gasteiger partial charge on any atom is -0.338 e. The molecule has 1 unspecified atom stereocenters. The number of benzene rings is 1. The van der Waals surface area contributed by atoms with Crippen molar-refractivity contribution in [3.63, 3.8) is 0 Å². The molecule has 1 aliphatic heterocycles. The molecule has 1 aromatic carbocycles. The highest BCUT2D eigenvalue weighted by molar-refractivity contribution is 7.18. The summed E-state index contributed by atoms with van der Waals surface area (Å²) in [4.78, 5) is 29.4. The molecule has 1 saturated heterocycles. The van der Waals surface area contributed by atoms with Gasteiger partial charge in [0.2, 0.25) is 0 Å². The van der Waals surface area contributed by atoms with Crippen LogP contribution in [0.2, 0.25) is 0 Å². The third-order valence-electron chi connectivity index (χ3n) is 4.28. The van der Waals surface area contributed by atoms with E-state index in [1.807, 2.05) is 25.1 Å². The minimum atomic E-state index is -0.415. The number of likely N-dealkylation sites (tertiary alicyclic amines) is 1. The Morgan fingerprint density at radius 3 is 3.00 bits per heavy atom. The summed E-state index contributed by atoms with van der Waals surface area (Å²) in [7, 11) is 0. The lowest BCUT2D eigenvalue weighted by Crippen LogP contribution is -3.14. The molecule has 2 heterocycles. The van der Waals surface area contributed by atoms with Gasteiger partial charge in [-0.25, -0.2) is 9.78 Å². The van der Waals surface area contributed by atoms with Gasteiger partial charge in [-0.05, 0) is 31.9 Å². The van der Waals surface area contributed by atoms with Crippen LogP contribution in [-0.4, -0.2) is 43.1 Å². The second-order valence-corrected chi connectivity index (χ2v) is 7.21. The Hall–Kier alpha value is -1.99. The van der Waals surface area contributed by atoms with Crippen molar-refractivity contribution in [1.82, 2.24) is 15.6 Å². The maximum Gasteiger partial charge on any atom is 0.321 e. The van der Waals surface area contributed by atoms with Gasteiger partial charge >= 0.3 is 6.03 Å². The summed E-state index contributed by atoms with van der Waals surface area (Å²) in [6.07, 6.45) is 2.19. The zero-order chi connectivity index (χ0) is 16.9. The van der Waals surface area contributed by atoms with E-state index >= 15 is 0 Å². The number of nitrogens with zero attached hydrogens (tertiary/aromatic N) is 1. The van der Waals surface area contributed by atoms with Gasteiger partial charge in [-0.15, -0.1) is 11.3 Å². The molecule has 0 radical (unpaired) electrons. The van der Waals surface area contributed by atoms with Gasteiger partial charge in [0, 0.05) is 6.54 Å². The number of quaternary nitrogens is 1. The van der Waals surface area contributed by atoms with Crippen LogP contribution in [0.5, 0.6) is 0 Å².